The molecular formula is C55H73N4O16+. The van der Waals surface area contributed by atoms with E-state index in [1.807, 2.05) is 0 Å². The number of ether oxygens (including phenoxy) is 8. The average molecular weight is 1050 g/mol. The Morgan fingerprint density at radius 3 is 1.44 bits per heavy atom. The maximum Gasteiger partial charge on any atom is 0.335 e. The zero-order chi connectivity index (χ0) is 53.5. The number of hydroxylamine groups is 4. The molecule has 0 spiro atoms. The van der Waals surface area contributed by atoms with Crippen LogP contribution in [-0.2, 0) is 87.2 Å². The average Bonchev–Trinajstić information content (AvgIpc) is 4.03. The van der Waals surface area contributed by atoms with Crippen LogP contribution in [0.25, 0.3) is 0 Å². The van der Waals surface area contributed by atoms with E-state index >= 15 is 0 Å². The summed E-state index contributed by atoms with van der Waals surface area (Å²) >= 11 is 0. The minimum atomic E-state index is -0.705. The Kier molecular flexibility index (Phi) is 23.3. The molecule has 0 radical (unpaired) electrons. The zero-order valence-corrected chi connectivity index (χ0v) is 43.8. The van der Waals surface area contributed by atoms with E-state index in [0.717, 1.165) is 0 Å². The molecule has 0 N–H and O–H groups in total. The van der Waals surface area contributed by atoms with Crippen LogP contribution in [0.2, 0.25) is 0 Å². The van der Waals surface area contributed by atoms with Gasteiger partial charge >= 0.3 is 11.9 Å². The lowest BCUT2D eigenvalue weighted by molar-refractivity contribution is -0.442. The van der Waals surface area contributed by atoms with Crippen molar-refractivity contribution in [3.8, 4) is 0 Å². The Hall–Kier alpha value is -5.97. The van der Waals surface area contributed by atoms with Gasteiger partial charge in [0.1, 0.15) is 6.61 Å². The van der Waals surface area contributed by atoms with Crippen LogP contribution in [0, 0.1) is 0 Å². The molecule has 4 aliphatic rings. The van der Waals surface area contributed by atoms with Gasteiger partial charge < -0.3 is 52.5 Å². The number of anilines is 1. The fourth-order valence-electron chi connectivity index (χ4n) is 8.88. The normalized spacial score (nSPS) is 17.5. The van der Waals surface area contributed by atoms with E-state index in [1.165, 1.54) is 33.9 Å². The predicted molar refractivity (Wildman–Crippen MR) is 273 cm³/mol. The maximum absolute atomic E-state index is 11.9. The van der Waals surface area contributed by atoms with E-state index in [4.69, 9.17) is 47.6 Å². The fraction of sp³-hybridized carbons (Fsp3) is 0.545. The Morgan fingerprint density at radius 1 is 0.507 bits per heavy atom. The Labute approximate surface area is 438 Å². The molecule has 2 aromatic rings. The molecule has 0 bridgehead atoms. The van der Waals surface area contributed by atoms with Crippen molar-refractivity contribution >= 4 is 52.7 Å². The molecule has 2 aromatic carbocycles. The number of imide groups is 2. The first-order valence-corrected chi connectivity index (χ1v) is 25.7. The summed E-state index contributed by atoms with van der Waals surface area (Å²) in [5.41, 5.74) is 6.78. The van der Waals surface area contributed by atoms with Gasteiger partial charge in [-0.2, -0.15) is 4.58 Å². The number of amides is 4. The van der Waals surface area contributed by atoms with Gasteiger partial charge in [0.25, 0.3) is 23.6 Å². The molecule has 408 valence electrons. The van der Waals surface area contributed by atoms with Gasteiger partial charge in [-0.1, -0.05) is 68.5 Å². The number of benzene rings is 2. The molecule has 0 aromatic heterocycles. The zero-order valence-electron chi connectivity index (χ0n) is 43.8. The topological polar surface area (TPSA) is 207 Å². The van der Waals surface area contributed by atoms with Crippen molar-refractivity contribution in [3.63, 3.8) is 0 Å². The van der Waals surface area contributed by atoms with Crippen LogP contribution in [0.3, 0.4) is 0 Å². The lowest BCUT2D eigenvalue weighted by Gasteiger charge is -2.27. The van der Waals surface area contributed by atoms with E-state index in [-0.39, 0.29) is 75.8 Å². The SMILES string of the molecule is CC1(C)C(/C=C/C=C/C=C2/N(CCOCCOCCOCCOCCC(=O)ON3C(=O)CCC3=O)c3ccccc3C2(C)C)=[N+](CCOCCOCCOCCOCCC(=O)ON2C(=O)CCC2=O)c2ccccc21. The highest BCUT2D eigenvalue weighted by molar-refractivity contribution is 6.03. The molecule has 20 heteroatoms. The van der Waals surface area contributed by atoms with Crippen LogP contribution in [0.15, 0.2) is 84.6 Å². The number of rotatable bonds is 35. The standard InChI is InChI=1S/C55H73N4O16/c1-54(2)42-12-8-10-14-44(42)56(24-28-68-32-36-72-40-38-70-34-30-66-26-22-52(64)74-58-48(60)18-19-49(58)61)46(54)16-6-5-7-17-47-55(3,4)43-13-9-11-15-45(43)57(47)25-29-69-33-37-73-41-39-71-35-31-67-27-23-53(65)75-59-50(62)20-21-51(59)63/h5-17H,18-41H2,1-4H3/q+1. The van der Waals surface area contributed by atoms with Crippen LogP contribution in [-0.4, -0.2) is 175 Å². The number of hydrogen-bond donors (Lipinski definition) is 0. The highest BCUT2D eigenvalue weighted by atomic mass is 16.7. The molecule has 20 nitrogen and oxygen atoms in total. The third-order valence-electron chi connectivity index (χ3n) is 12.8. The Bertz CT molecular complexity index is 2360. The van der Waals surface area contributed by atoms with Crippen LogP contribution >= 0.6 is 0 Å². The van der Waals surface area contributed by atoms with Crippen LogP contribution in [0.4, 0.5) is 11.4 Å². The summed E-state index contributed by atoms with van der Waals surface area (Å²) in [6.07, 6.45) is 10.7. The summed E-state index contributed by atoms with van der Waals surface area (Å²) in [7, 11) is 0. The third kappa shape index (κ3) is 17.0. The highest BCUT2D eigenvalue weighted by Gasteiger charge is 2.44. The summed E-state index contributed by atoms with van der Waals surface area (Å²) in [6, 6.07) is 17.0. The molecule has 4 aliphatic heterocycles. The van der Waals surface area contributed by atoms with Crippen molar-refractivity contribution in [1.82, 2.24) is 10.1 Å². The number of fused-ring (bicyclic) bond motifs is 2. The second-order valence-corrected chi connectivity index (χ2v) is 18.8. The van der Waals surface area contributed by atoms with Gasteiger partial charge in [-0.25, -0.2) is 9.59 Å². The van der Waals surface area contributed by atoms with Crippen molar-refractivity contribution in [2.24, 2.45) is 0 Å². The first-order valence-electron chi connectivity index (χ1n) is 25.7. The van der Waals surface area contributed by atoms with Gasteiger partial charge in [-0.05, 0) is 31.6 Å². The molecule has 75 heavy (non-hydrogen) atoms. The number of para-hydroxylation sites is 2. The second-order valence-electron chi connectivity index (χ2n) is 18.8. The molecular weight excluding hydrogens is 973 g/mol. The number of allylic oxidation sites excluding steroid dienone is 6. The summed E-state index contributed by atoms with van der Waals surface area (Å²) in [5, 5.41) is 1.05. The lowest BCUT2D eigenvalue weighted by atomic mass is 9.81. The third-order valence-corrected chi connectivity index (χ3v) is 12.8. The van der Waals surface area contributed by atoms with E-state index in [1.54, 1.807) is 0 Å². The van der Waals surface area contributed by atoms with E-state index in [9.17, 15) is 28.8 Å². The molecule has 2 fully saturated rings. The maximum atomic E-state index is 11.9. The monoisotopic (exact) mass is 1050 g/mol. The van der Waals surface area contributed by atoms with E-state index in [2.05, 4.69) is 116 Å². The minimum Gasteiger partial charge on any atom is -0.378 e. The van der Waals surface area contributed by atoms with Gasteiger partial charge in [0.2, 0.25) is 5.69 Å². The second kappa shape index (κ2) is 29.9. The van der Waals surface area contributed by atoms with Crippen LogP contribution in [0.5, 0.6) is 0 Å². The van der Waals surface area contributed by atoms with Crippen molar-refractivity contribution < 1.29 is 80.9 Å². The Balaban J connectivity index is 0.860. The van der Waals surface area contributed by atoms with E-state index < -0.39 is 35.6 Å². The first kappa shape index (κ1) is 58.3. The summed E-state index contributed by atoms with van der Waals surface area (Å²) in [6.45, 7) is 16.0. The van der Waals surface area contributed by atoms with E-state index in [0.29, 0.717) is 102 Å². The van der Waals surface area contributed by atoms with Gasteiger partial charge in [0.15, 0.2) is 12.3 Å². The van der Waals surface area contributed by atoms with Crippen molar-refractivity contribution in [2.45, 2.75) is 77.0 Å². The van der Waals surface area contributed by atoms with Crippen LogP contribution in [0.1, 0.15) is 77.3 Å². The van der Waals surface area contributed by atoms with Crippen molar-refractivity contribution in [2.75, 3.05) is 124 Å². The number of carbonyl (C=O) groups is 6. The highest BCUT2D eigenvalue weighted by Crippen LogP contribution is 2.47. The van der Waals surface area contributed by atoms with Crippen molar-refractivity contribution in [1.29, 1.82) is 0 Å². The number of carbonyl (C=O) groups excluding carboxylic acids is 6. The quantitative estimate of drug-likeness (QED) is 0.0386. The molecule has 4 amide bonds. The number of hydrogen-bond acceptors (Lipinski definition) is 17. The van der Waals surface area contributed by atoms with Gasteiger partial charge in [0.05, 0.1) is 117 Å². The summed E-state index contributed by atoms with van der Waals surface area (Å²) in [5.74, 6) is -3.47. The molecule has 0 atom stereocenters. The predicted octanol–water partition coefficient (Wildman–Crippen LogP) is 4.98. The lowest BCUT2D eigenvalue weighted by Crippen LogP contribution is -2.32. The van der Waals surface area contributed by atoms with Crippen LogP contribution < -0.4 is 4.90 Å². The smallest absolute Gasteiger partial charge is 0.335 e. The molecule has 6 rings (SSSR count). The molecule has 0 aliphatic carbocycles. The molecule has 0 saturated carbocycles. The van der Waals surface area contributed by atoms with Gasteiger partial charge in [0, 0.05) is 66.7 Å². The molecule has 2 saturated heterocycles. The summed E-state index contributed by atoms with van der Waals surface area (Å²) < 4.78 is 47.6. The number of nitrogens with zero attached hydrogens (tertiary/aromatic N) is 4. The van der Waals surface area contributed by atoms with Gasteiger partial charge in [-0.3, -0.25) is 19.2 Å². The molecule has 4 heterocycles. The fourth-order valence-corrected chi connectivity index (χ4v) is 8.88. The van der Waals surface area contributed by atoms with Crippen molar-refractivity contribution in [3.05, 3.63) is 95.7 Å². The largest absolute Gasteiger partial charge is 0.378 e. The Morgan fingerprint density at radius 2 is 0.933 bits per heavy atom. The molecule has 0 unspecified atom stereocenters. The summed E-state index contributed by atoms with van der Waals surface area (Å²) in [4.78, 5) is 81.9. The first-order chi connectivity index (χ1) is 36.3. The minimum absolute atomic E-state index is 0.0480. The van der Waals surface area contributed by atoms with Gasteiger partial charge in [-0.15, -0.1) is 10.1 Å².